The summed E-state index contributed by atoms with van der Waals surface area (Å²) in [6, 6.07) is 17.1. The quantitative estimate of drug-likeness (QED) is 0.621. The average molecular weight is 395 g/mol. The van der Waals surface area contributed by atoms with Gasteiger partial charge in [-0.3, -0.25) is 4.79 Å². The van der Waals surface area contributed by atoms with E-state index in [1.807, 2.05) is 54.6 Å². The largest absolute Gasteiger partial charge is 0.493 e. The first-order valence-corrected chi connectivity index (χ1v) is 10.3. The standard InChI is InChI=1S/C24H29NO4/c1-3-7-18(2)16-28-22-12-10-20(11-13-22)15-23(26)25-21(17-29-24(25)27)14-19-8-5-4-6-9-19/h4-6,8-13,18,21H,3,7,14-17H2,1-2H3/t18?,21-/m1/s1. The number of cyclic esters (lactones) is 1. The molecule has 0 aromatic heterocycles. The van der Waals surface area contributed by atoms with Crippen LogP contribution >= 0.6 is 0 Å². The number of carbonyl (C=O) groups is 2. The van der Waals surface area contributed by atoms with Crippen LogP contribution in [0, 0.1) is 5.92 Å². The second-order valence-electron chi connectivity index (χ2n) is 7.71. The van der Waals surface area contributed by atoms with E-state index < -0.39 is 6.09 Å². The molecule has 0 aliphatic carbocycles. The van der Waals surface area contributed by atoms with E-state index in [-0.39, 0.29) is 25.0 Å². The first-order chi connectivity index (χ1) is 14.1. The van der Waals surface area contributed by atoms with Crippen LogP contribution in [0.1, 0.15) is 37.8 Å². The van der Waals surface area contributed by atoms with E-state index in [2.05, 4.69) is 13.8 Å². The number of rotatable bonds is 9. The maximum absolute atomic E-state index is 12.8. The lowest BCUT2D eigenvalue weighted by atomic mass is 10.0. The van der Waals surface area contributed by atoms with Crippen molar-refractivity contribution in [1.29, 1.82) is 0 Å². The van der Waals surface area contributed by atoms with Crippen LogP contribution in [-0.2, 0) is 22.4 Å². The zero-order valence-corrected chi connectivity index (χ0v) is 17.2. The average Bonchev–Trinajstić information content (AvgIpc) is 3.08. The Morgan fingerprint density at radius 3 is 2.55 bits per heavy atom. The molecule has 2 aromatic carbocycles. The Hall–Kier alpha value is -2.82. The second kappa shape index (κ2) is 10.1. The number of hydrogen-bond donors (Lipinski definition) is 0. The fraction of sp³-hybridized carbons (Fsp3) is 0.417. The van der Waals surface area contributed by atoms with Gasteiger partial charge in [-0.25, -0.2) is 9.69 Å². The van der Waals surface area contributed by atoms with E-state index in [1.54, 1.807) is 0 Å². The van der Waals surface area contributed by atoms with Crippen molar-refractivity contribution >= 4 is 12.0 Å². The van der Waals surface area contributed by atoms with E-state index in [4.69, 9.17) is 9.47 Å². The van der Waals surface area contributed by atoms with Gasteiger partial charge in [-0.15, -0.1) is 0 Å². The van der Waals surface area contributed by atoms with Crippen LogP contribution < -0.4 is 4.74 Å². The molecule has 3 rings (SSSR count). The molecule has 2 aromatic rings. The van der Waals surface area contributed by atoms with Crippen molar-refractivity contribution in [2.75, 3.05) is 13.2 Å². The molecule has 5 heteroatoms. The Bertz CT molecular complexity index is 803. The van der Waals surface area contributed by atoms with Crippen LogP contribution in [0.25, 0.3) is 0 Å². The highest BCUT2D eigenvalue weighted by Gasteiger charge is 2.37. The van der Waals surface area contributed by atoms with Gasteiger partial charge in [-0.2, -0.15) is 0 Å². The highest BCUT2D eigenvalue weighted by Crippen LogP contribution is 2.20. The minimum Gasteiger partial charge on any atom is -0.493 e. The van der Waals surface area contributed by atoms with Crippen LogP contribution in [0.2, 0.25) is 0 Å². The van der Waals surface area contributed by atoms with Crippen molar-refractivity contribution < 1.29 is 19.1 Å². The summed E-state index contributed by atoms with van der Waals surface area (Å²) in [6.07, 6.45) is 2.49. The molecule has 1 heterocycles. The fourth-order valence-corrected chi connectivity index (χ4v) is 3.58. The second-order valence-corrected chi connectivity index (χ2v) is 7.71. The van der Waals surface area contributed by atoms with Gasteiger partial charge >= 0.3 is 6.09 Å². The summed E-state index contributed by atoms with van der Waals surface area (Å²) in [5.41, 5.74) is 1.93. The lowest BCUT2D eigenvalue weighted by Crippen LogP contribution is -2.41. The molecule has 1 saturated heterocycles. The van der Waals surface area contributed by atoms with E-state index in [1.165, 1.54) is 4.90 Å². The molecule has 1 unspecified atom stereocenters. The maximum atomic E-state index is 12.8. The molecule has 2 amide bonds. The van der Waals surface area contributed by atoms with Crippen LogP contribution in [0.3, 0.4) is 0 Å². The van der Waals surface area contributed by atoms with E-state index in [0.29, 0.717) is 18.9 Å². The number of carbonyl (C=O) groups excluding carboxylic acids is 2. The van der Waals surface area contributed by atoms with E-state index >= 15 is 0 Å². The number of nitrogens with zero attached hydrogens (tertiary/aromatic N) is 1. The van der Waals surface area contributed by atoms with Crippen LogP contribution in [-0.4, -0.2) is 36.2 Å². The van der Waals surface area contributed by atoms with Crippen molar-refractivity contribution in [1.82, 2.24) is 4.90 Å². The number of amides is 2. The topological polar surface area (TPSA) is 55.8 Å². The molecular formula is C24H29NO4. The summed E-state index contributed by atoms with van der Waals surface area (Å²) in [5, 5.41) is 0. The number of imide groups is 1. The highest BCUT2D eigenvalue weighted by atomic mass is 16.6. The predicted octanol–water partition coefficient (Wildman–Crippen LogP) is 4.63. The molecular weight excluding hydrogens is 366 g/mol. The normalized spacial score (nSPS) is 17.1. The molecule has 1 aliphatic rings. The fourth-order valence-electron chi connectivity index (χ4n) is 3.58. The molecule has 0 N–H and O–H groups in total. The van der Waals surface area contributed by atoms with Crippen molar-refractivity contribution in [2.24, 2.45) is 5.92 Å². The van der Waals surface area contributed by atoms with Gasteiger partial charge in [0.2, 0.25) is 5.91 Å². The van der Waals surface area contributed by atoms with Gasteiger partial charge < -0.3 is 9.47 Å². The van der Waals surface area contributed by atoms with Gasteiger partial charge in [0.25, 0.3) is 0 Å². The molecule has 1 fully saturated rings. The SMILES string of the molecule is CCCC(C)COc1ccc(CC(=O)N2C(=O)OC[C@H]2Cc2ccccc2)cc1. The number of ether oxygens (including phenoxy) is 2. The highest BCUT2D eigenvalue weighted by molar-refractivity contribution is 5.94. The zero-order valence-electron chi connectivity index (χ0n) is 17.2. The molecule has 0 bridgehead atoms. The van der Waals surface area contributed by atoms with Crippen molar-refractivity contribution in [3.63, 3.8) is 0 Å². The smallest absolute Gasteiger partial charge is 0.416 e. The van der Waals surface area contributed by atoms with E-state index in [9.17, 15) is 9.59 Å². The maximum Gasteiger partial charge on any atom is 0.416 e. The Labute approximate surface area is 172 Å². The Balaban J connectivity index is 1.57. The van der Waals surface area contributed by atoms with Gasteiger partial charge in [0.1, 0.15) is 12.4 Å². The summed E-state index contributed by atoms with van der Waals surface area (Å²) < 4.78 is 11.0. The molecule has 1 aliphatic heterocycles. The molecule has 2 atom stereocenters. The molecule has 5 nitrogen and oxygen atoms in total. The molecule has 0 radical (unpaired) electrons. The lowest BCUT2D eigenvalue weighted by Gasteiger charge is -2.20. The first kappa shape index (κ1) is 20.9. The van der Waals surface area contributed by atoms with Crippen LogP contribution in [0.15, 0.2) is 54.6 Å². The van der Waals surface area contributed by atoms with Crippen molar-refractivity contribution in [3.8, 4) is 5.75 Å². The van der Waals surface area contributed by atoms with Gasteiger partial charge in [0, 0.05) is 0 Å². The van der Waals surface area contributed by atoms with Gasteiger partial charge in [0.05, 0.1) is 19.1 Å². The summed E-state index contributed by atoms with van der Waals surface area (Å²) in [4.78, 5) is 26.2. The molecule has 0 saturated carbocycles. The third-order valence-electron chi connectivity index (χ3n) is 5.14. The first-order valence-electron chi connectivity index (χ1n) is 10.3. The lowest BCUT2D eigenvalue weighted by molar-refractivity contribution is -0.128. The Kier molecular flexibility index (Phi) is 7.28. The Morgan fingerprint density at radius 2 is 1.86 bits per heavy atom. The predicted molar refractivity (Wildman–Crippen MR) is 112 cm³/mol. The number of hydrogen-bond acceptors (Lipinski definition) is 4. The zero-order chi connectivity index (χ0) is 20.6. The Morgan fingerprint density at radius 1 is 1.14 bits per heavy atom. The minimum absolute atomic E-state index is 0.160. The third kappa shape index (κ3) is 5.83. The summed E-state index contributed by atoms with van der Waals surface area (Å²) in [6.45, 7) is 5.27. The van der Waals surface area contributed by atoms with Crippen molar-refractivity contribution in [3.05, 3.63) is 65.7 Å². The van der Waals surface area contributed by atoms with Gasteiger partial charge in [-0.05, 0) is 42.0 Å². The summed E-state index contributed by atoms with van der Waals surface area (Å²) in [7, 11) is 0. The van der Waals surface area contributed by atoms with Gasteiger partial charge in [0.15, 0.2) is 0 Å². The molecule has 0 spiro atoms. The third-order valence-corrected chi connectivity index (χ3v) is 5.14. The summed E-state index contributed by atoms with van der Waals surface area (Å²) >= 11 is 0. The minimum atomic E-state index is -0.555. The monoisotopic (exact) mass is 395 g/mol. The van der Waals surface area contributed by atoms with Crippen molar-refractivity contribution in [2.45, 2.75) is 45.6 Å². The van der Waals surface area contributed by atoms with E-state index in [0.717, 1.165) is 29.7 Å². The number of benzene rings is 2. The van der Waals surface area contributed by atoms with Crippen LogP contribution in [0.4, 0.5) is 4.79 Å². The van der Waals surface area contributed by atoms with Crippen LogP contribution in [0.5, 0.6) is 5.75 Å². The molecule has 154 valence electrons. The van der Waals surface area contributed by atoms with Gasteiger partial charge in [-0.1, -0.05) is 62.7 Å². The molecule has 29 heavy (non-hydrogen) atoms. The summed E-state index contributed by atoms with van der Waals surface area (Å²) in [5.74, 6) is 1.08.